The molecule has 0 saturated carbocycles. The van der Waals surface area contributed by atoms with Crippen molar-refractivity contribution in [3.8, 4) is 0 Å². The van der Waals surface area contributed by atoms with Crippen molar-refractivity contribution in [1.82, 2.24) is 0 Å². The van der Waals surface area contributed by atoms with E-state index in [-0.39, 0.29) is 0 Å². The highest BCUT2D eigenvalue weighted by molar-refractivity contribution is 7.47. The summed E-state index contributed by atoms with van der Waals surface area (Å²) < 4.78 is 22.3. The van der Waals surface area contributed by atoms with E-state index in [1.54, 1.807) is 0 Å². The highest BCUT2D eigenvalue weighted by atomic mass is 31.2. The maximum Gasteiger partial charge on any atom is 0.472 e. The van der Waals surface area contributed by atoms with Gasteiger partial charge in [0.1, 0.15) is 0 Å². The van der Waals surface area contributed by atoms with Crippen LogP contribution >= 0.6 is 7.82 Å². The van der Waals surface area contributed by atoms with Crippen molar-refractivity contribution < 1.29 is 28.4 Å². The van der Waals surface area contributed by atoms with Gasteiger partial charge in [-0.15, -0.1) is 0 Å². The fraction of sp³-hybridized carbons (Fsp3) is 0.980. The molecule has 7 heteroatoms. The number of phosphoric ester groups is 1. The topological polar surface area (TPSA) is 93.1 Å². The zero-order valence-corrected chi connectivity index (χ0v) is 39.9. The SMILES string of the molecule is CCCCCCCCCCCCCCCCCC(=O)O.CCCCCCCCCCCCCCCCOP(=O)(O)OCCCCCCCCCCCCCCCC. The Morgan fingerprint density at radius 2 is 0.509 bits per heavy atom. The third kappa shape index (κ3) is 57.7. The minimum Gasteiger partial charge on any atom is -0.481 e. The van der Waals surface area contributed by atoms with Gasteiger partial charge in [-0.25, -0.2) is 4.57 Å². The number of hydrogen-bond donors (Lipinski definition) is 2. The van der Waals surface area contributed by atoms with Gasteiger partial charge >= 0.3 is 13.8 Å². The second kappa shape index (κ2) is 51.7. The monoisotopic (exact) mass is 831 g/mol. The molecule has 0 aliphatic rings. The minimum atomic E-state index is -3.87. The van der Waals surface area contributed by atoms with Crippen LogP contribution in [0.4, 0.5) is 0 Å². The second-order valence-corrected chi connectivity index (χ2v) is 18.9. The van der Waals surface area contributed by atoms with Crippen LogP contribution in [0.1, 0.15) is 303 Å². The molecule has 0 heterocycles. The lowest BCUT2D eigenvalue weighted by atomic mass is 10.0. The highest BCUT2D eigenvalue weighted by Gasteiger charge is 2.20. The van der Waals surface area contributed by atoms with E-state index < -0.39 is 13.8 Å². The molecule has 0 fully saturated rings. The third-order valence-corrected chi connectivity index (χ3v) is 12.5. The van der Waals surface area contributed by atoms with E-state index in [1.807, 2.05) is 0 Å². The Balaban J connectivity index is 0. The summed E-state index contributed by atoms with van der Waals surface area (Å²) >= 11 is 0. The van der Waals surface area contributed by atoms with Gasteiger partial charge in [0.15, 0.2) is 0 Å². The molecule has 2 N–H and O–H groups in total. The Kier molecular flexibility index (Phi) is 53.2. The number of unbranched alkanes of at least 4 members (excludes halogenated alkanes) is 40. The molecule has 0 saturated heterocycles. The summed E-state index contributed by atoms with van der Waals surface area (Å²) in [6, 6.07) is 0. The first kappa shape index (κ1) is 58.7. The van der Waals surface area contributed by atoms with Crippen molar-refractivity contribution in [3.63, 3.8) is 0 Å². The zero-order valence-electron chi connectivity index (χ0n) is 39.0. The summed E-state index contributed by atoms with van der Waals surface area (Å²) in [6.07, 6.45) is 56.6. The summed E-state index contributed by atoms with van der Waals surface area (Å²) in [6.45, 7) is 7.46. The highest BCUT2D eigenvalue weighted by Crippen LogP contribution is 2.43. The van der Waals surface area contributed by atoms with Crippen LogP contribution in [0.2, 0.25) is 0 Å². The van der Waals surface area contributed by atoms with Gasteiger partial charge in [-0.05, 0) is 19.3 Å². The molecule has 0 aliphatic heterocycles. The van der Waals surface area contributed by atoms with Gasteiger partial charge in [-0.1, -0.05) is 278 Å². The van der Waals surface area contributed by atoms with E-state index in [1.165, 1.54) is 238 Å². The average Bonchev–Trinajstić information content (AvgIpc) is 3.19. The van der Waals surface area contributed by atoms with Gasteiger partial charge in [-0.2, -0.15) is 0 Å². The van der Waals surface area contributed by atoms with Crippen molar-refractivity contribution >= 4 is 13.8 Å². The Bertz CT molecular complexity index is 755. The summed E-state index contributed by atoms with van der Waals surface area (Å²) in [7, 11) is -3.87. The number of rotatable bonds is 48. The molecule has 0 unspecified atom stereocenters. The molecule has 0 amide bonds. The summed E-state index contributed by atoms with van der Waals surface area (Å²) in [5, 5.41) is 8.52. The zero-order chi connectivity index (χ0) is 42.0. The van der Waals surface area contributed by atoms with Crippen molar-refractivity contribution in [2.24, 2.45) is 0 Å². The molecule has 0 aromatic rings. The molecular formula is C50H103O6P. The van der Waals surface area contributed by atoms with Gasteiger partial charge in [-0.3, -0.25) is 13.8 Å². The van der Waals surface area contributed by atoms with E-state index >= 15 is 0 Å². The summed E-state index contributed by atoms with van der Waals surface area (Å²) in [5.74, 6) is -0.653. The summed E-state index contributed by atoms with van der Waals surface area (Å²) in [4.78, 5) is 20.2. The first-order valence-corrected chi connectivity index (χ1v) is 27.2. The van der Waals surface area contributed by atoms with E-state index in [2.05, 4.69) is 20.8 Å². The molecule has 0 spiro atoms. The van der Waals surface area contributed by atoms with Gasteiger partial charge < -0.3 is 10.00 Å². The lowest BCUT2D eigenvalue weighted by Crippen LogP contribution is -1.99. The number of carboxylic acid groups (broad SMARTS) is 1. The molecule has 344 valence electrons. The Morgan fingerprint density at radius 3 is 0.702 bits per heavy atom. The Morgan fingerprint density at radius 1 is 0.333 bits per heavy atom. The van der Waals surface area contributed by atoms with Crippen LogP contribution < -0.4 is 0 Å². The quantitative estimate of drug-likeness (QED) is 0.0469. The predicted molar refractivity (Wildman–Crippen MR) is 250 cm³/mol. The fourth-order valence-corrected chi connectivity index (χ4v) is 8.43. The standard InChI is InChI=1S/C32H67O4P.C18H36O2/c1-3-5-7-9-11-13-15-17-19-21-23-25-27-29-31-35-37(33,34)36-32-30-28-26-24-22-20-18-16-14-12-10-8-6-4-2;1-2-3-4-5-6-7-8-9-10-11-12-13-14-15-16-17-18(19)20/h3-32H2,1-2H3,(H,33,34);2-17H2,1H3,(H,19,20). The molecule has 57 heavy (non-hydrogen) atoms. The van der Waals surface area contributed by atoms with Gasteiger partial charge in [0.25, 0.3) is 0 Å². The van der Waals surface area contributed by atoms with Crippen LogP contribution in [0.25, 0.3) is 0 Å². The van der Waals surface area contributed by atoms with Crippen LogP contribution in [0.15, 0.2) is 0 Å². The number of hydrogen-bond acceptors (Lipinski definition) is 4. The van der Waals surface area contributed by atoms with Crippen LogP contribution in [0.5, 0.6) is 0 Å². The average molecular weight is 831 g/mol. The molecule has 0 aliphatic carbocycles. The second-order valence-electron chi connectivity index (χ2n) is 17.4. The number of aliphatic carboxylic acids is 1. The van der Waals surface area contributed by atoms with Crippen molar-refractivity contribution in [3.05, 3.63) is 0 Å². The molecule has 0 atom stereocenters. The van der Waals surface area contributed by atoms with Crippen LogP contribution in [-0.2, 0) is 18.4 Å². The van der Waals surface area contributed by atoms with Crippen LogP contribution in [-0.4, -0.2) is 29.2 Å². The van der Waals surface area contributed by atoms with Crippen molar-refractivity contribution in [1.29, 1.82) is 0 Å². The van der Waals surface area contributed by atoms with E-state index in [9.17, 15) is 14.3 Å². The maximum absolute atomic E-state index is 12.0. The van der Waals surface area contributed by atoms with Crippen molar-refractivity contribution in [2.75, 3.05) is 13.2 Å². The molecular weight excluding hydrogens is 728 g/mol. The minimum absolute atomic E-state index is 0.324. The molecule has 0 radical (unpaired) electrons. The Labute approximate surface area is 357 Å². The first-order valence-electron chi connectivity index (χ1n) is 25.7. The smallest absolute Gasteiger partial charge is 0.472 e. The molecule has 6 nitrogen and oxygen atoms in total. The Hall–Kier alpha value is -0.420. The van der Waals surface area contributed by atoms with Gasteiger partial charge in [0, 0.05) is 6.42 Å². The fourth-order valence-electron chi connectivity index (χ4n) is 7.64. The van der Waals surface area contributed by atoms with Crippen LogP contribution in [0.3, 0.4) is 0 Å². The largest absolute Gasteiger partial charge is 0.481 e. The first-order chi connectivity index (χ1) is 27.9. The van der Waals surface area contributed by atoms with Gasteiger partial charge in [0.2, 0.25) is 0 Å². The molecule has 0 bridgehead atoms. The number of phosphoric acid groups is 1. The van der Waals surface area contributed by atoms with E-state index in [0.717, 1.165) is 38.5 Å². The molecule has 0 rings (SSSR count). The van der Waals surface area contributed by atoms with Crippen LogP contribution in [0, 0.1) is 0 Å². The van der Waals surface area contributed by atoms with Gasteiger partial charge in [0.05, 0.1) is 13.2 Å². The lowest BCUT2D eigenvalue weighted by molar-refractivity contribution is -0.137. The third-order valence-electron chi connectivity index (χ3n) is 11.5. The number of carboxylic acids is 1. The molecule has 0 aromatic carbocycles. The summed E-state index contributed by atoms with van der Waals surface area (Å²) in [5.41, 5.74) is 0. The number of carbonyl (C=O) groups is 1. The maximum atomic E-state index is 12.0. The lowest BCUT2D eigenvalue weighted by Gasteiger charge is -2.12. The van der Waals surface area contributed by atoms with E-state index in [0.29, 0.717) is 19.6 Å². The normalized spacial score (nSPS) is 11.6. The van der Waals surface area contributed by atoms with Crippen molar-refractivity contribution in [2.45, 2.75) is 303 Å². The predicted octanol–water partition coefficient (Wildman–Crippen LogP) is 18.4. The van der Waals surface area contributed by atoms with E-state index in [4.69, 9.17) is 14.2 Å². The molecule has 0 aromatic heterocycles.